The maximum Gasteiger partial charge on any atom is 0.132 e. The number of hydrogen-bond acceptors (Lipinski definition) is 2. The van der Waals surface area contributed by atoms with Crippen molar-refractivity contribution < 1.29 is 0 Å². The minimum atomic E-state index is -0.137. The second-order valence-electron chi connectivity index (χ2n) is 5.98. The monoisotopic (exact) mass is 274 g/mol. The Morgan fingerprint density at radius 2 is 1.76 bits per heavy atom. The Labute approximate surface area is 114 Å². The topological polar surface area (TPSA) is 25.8 Å². The van der Waals surface area contributed by atoms with Crippen LogP contribution in [0.2, 0.25) is 5.15 Å². The summed E-state index contributed by atoms with van der Waals surface area (Å²) in [4.78, 5) is 8.21. The number of hydrogen-bond donors (Lipinski definition) is 0. The first-order valence-corrected chi connectivity index (χ1v) is 6.72. The van der Waals surface area contributed by atoms with Crippen LogP contribution in [-0.4, -0.2) is 15.8 Å². The fraction of sp³-hybridized carbons (Fsp3) is 0.692. The van der Waals surface area contributed by atoms with Crippen LogP contribution in [0.3, 0.4) is 0 Å². The minimum Gasteiger partial charge on any atom is -0.241 e. The molecule has 0 aliphatic carbocycles. The maximum atomic E-state index is 6.12. The van der Waals surface area contributed by atoms with Gasteiger partial charge in [0.25, 0.3) is 0 Å². The molecule has 1 rings (SSSR count). The molecule has 1 heterocycles. The molecule has 0 bridgehead atoms. The van der Waals surface area contributed by atoms with Crippen molar-refractivity contribution >= 4 is 23.2 Å². The Bertz CT molecular complexity index is 374. The van der Waals surface area contributed by atoms with Gasteiger partial charge in [0.15, 0.2) is 0 Å². The summed E-state index contributed by atoms with van der Waals surface area (Å²) in [6.07, 6.45) is 3.59. The van der Waals surface area contributed by atoms with E-state index in [0.29, 0.717) is 16.4 Å². The van der Waals surface area contributed by atoms with Gasteiger partial charge in [0.2, 0.25) is 0 Å². The van der Waals surface area contributed by atoms with Crippen LogP contribution in [-0.2, 0) is 5.41 Å². The van der Waals surface area contributed by atoms with Crippen molar-refractivity contribution in [3.63, 3.8) is 0 Å². The molecular weight excluding hydrogens is 255 g/mol. The summed E-state index contributed by atoms with van der Waals surface area (Å²) >= 11 is 12.0. The van der Waals surface area contributed by atoms with E-state index in [1.807, 2.05) is 6.07 Å². The molecule has 96 valence electrons. The third-order valence-corrected chi connectivity index (χ3v) is 3.77. The van der Waals surface area contributed by atoms with E-state index < -0.39 is 0 Å². The van der Waals surface area contributed by atoms with Crippen LogP contribution in [0, 0.1) is 5.41 Å². The number of alkyl halides is 1. The van der Waals surface area contributed by atoms with Gasteiger partial charge >= 0.3 is 0 Å². The maximum absolute atomic E-state index is 6.12. The van der Waals surface area contributed by atoms with Crippen LogP contribution in [0.1, 0.15) is 46.2 Å². The molecule has 0 spiro atoms. The van der Waals surface area contributed by atoms with Gasteiger partial charge in [0.1, 0.15) is 11.5 Å². The molecular formula is C13H20Cl2N2. The van der Waals surface area contributed by atoms with Gasteiger partial charge in [-0.25, -0.2) is 9.97 Å². The van der Waals surface area contributed by atoms with E-state index in [1.165, 1.54) is 6.33 Å². The molecule has 0 saturated heterocycles. The molecule has 1 aromatic rings. The molecule has 0 radical (unpaired) electrons. The van der Waals surface area contributed by atoms with Crippen LogP contribution in [0.25, 0.3) is 0 Å². The highest BCUT2D eigenvalue weighted by Gasteiger charge is 2.29. The quantitative estimate of drug-likeness (QED) is 0.599. The molecule has 17 heavy (non-hydrogen) atoms. The standard InChI is InChI=1S/C13H20Cl2N2/c1-12(2,3)5-6-13(4,8-14)10-7-11(15)17-9-16-10/h7,9H,5-6,8H2,1-4H3. The smallest absolute Gasteiger partial charge is 0.132 e. The van der Waals surface area contributed by atoms with E-state index >= 15 is 0 Å². The molecule has 0 aliphatic heterocycles. The predicted molar refractivity (Wildman–Crippen MR) is 73.8 cm³/mol. The largest absolute Gasteiger partial charge is 0.241 e. The molecule has 0 N–H and O–H groups in total. The molecule has 1 atom stereocenters. The molecule has 1 aromatic heterocycles. The zero-order valence-electron chi connectivity index (χ0n) is 10.9. The Morgan fingerprint density at radius 3 is 2.24 bits per heavy atom. The van der Waals surface area contributed by atoms with E-state index in [2.05, 4.69) is 37.7 Å². The van der Waals surface area contributed by atoms with Gasteiger partial charge in [-0.2, -0.15) is 0 Å². The third kappa shape index (κ3) is 4.44. The van der Waals surface area contributed by atoms with Gasteiger partial charge in [-0.3, -0.25) is 0 Å². The van der Waals surface area contributed by atoms with Crippen LogP contribution < -0.4 is 0 Å². The Hall–Kier alpha value is -0.340. The lowest BCUT2D eigenvalue weighted by atomic mass is 9.78. The second kappa shape index (κ2) is 5.53. The molecule has 1 unspecified atom stereocenters. The Balaban J connectivity index is 2.88. The predicted octanol–water partition coefficient (Wildman–Crippen LogP) is 4.45. The average molecular weight is 275 g/mol. The summed E-state index contributed by atoms with van der Waals surface area (Å²) in [5.74, 6) is 0.538. The van der Waals surface area contributed by atoms with Gasteiger partial charge in [0.05, 0.1) is 5.69 Å². The van der Waals surface area contributed by atoms with E-state index in [1.54, 1.807) is 0 Å². The van der Waals surface area contributed by atoms with Crippen molar-refractivity contribution in [1.82, 2.24) is 9.97 Å². The van der Waals surface area contributed by atoms with E-state index in [-0.39, 0.29) is 5.41 Å². The number of aromatic nitrogens is 2. The Kier molecular flexibility index (Phi) is 4.79. The average Bonchev–Trinajstić information content (AvgIpc) is 2.25. The van der Waals surface area contributed by atoms with Crippen LogP contribution >= 0.6 is 23.2 Å². The molecule has 0 aliphatic rings. The molecule has 0 fully saturated rings. The summed E-state index contributed by atoms with van der Waals surface area (Å²) in [6.45, 7) is 8.82. The van der Waals surface area contributed by atoms with Crippen molar-refractivity contribution in [2.75, 3.05) is 5.88 Å². The summed E-state index contributed by atoms with van der Waals surface area (Å²) in [6, 6.07) is 1.81. The van der Waals surface area contributed by atoms with Gasteiger partial charge < -0.3 is 0 Å². The van der Waals surface area contributed by atoms with Crippen molar-refractivity contribution in [3.05, 3.63) is 23.2 Å². The fourth-order valence-corrected chi connectivity index (χ4v) is 2.00. The lowest BCUT2D eigenvalue weighted by molar-refractivity contribution is 0.313. The van der Waals surface area contributed by atoms with Crippen LogP contribution in [0.4, 0.5) is 0 Å². The van der Waals surface area contributed by atoms with Crippen LogP contribution in [0.15, 0.2) is 12.4 Å². The summed E-state index contributed by atoms with van der Waals surface area (Å²) < 4.78 is 0. The molecule has 0 aromatic carbocycles. The van der Waals surface area contributed by atoms with Crippen molar-refractivity contribution in [3.8, 4) is 0 Å². The molecule has 2 nitrogen and oxygen atoms in total. The number of halogens is 2. The highest BCUT2D eigenvalue weighted by atomic mass is 35.5. The molecule has 4 heteroatoms. The number of nitrogens with zero attached hydrogens (tertiary/aromatic N) is 2. The number of rotatable bonds is 4. The lowest BCUT2D eigenvalue weighted by Gasteiger charge is -2.30. The highest BCUT2D eigenvalue weighted by Crippen LogP contribution is 2.34. The zero-order valence-corrected chi connectivity index (χ0v) is 12.4. The lowest BCUT2D eigenvalue weighted by Crippen LogP contribution is -2.27. The van der Waals surface area contributed by atoms with Gasteiger partial charge in [0, 0.05) is 11.3 Å². The summed E-state index contributed by atoms with van der Waals surface area (Å²) in [7, 11) is 0. The van der Waals surface area contributed by atoms with Gasteiger partial charge in [-0.1, -0.05) is 39.3 Å². The van der Waals surface area contributed by atoms with E-state index in [9.17, 15) is 0 Å². The third-order valence-electron chi connectivity index (χ3n) is 2.97. The van der Waals surface area contributed by atoms with Crippen LogP contribution in [0.5, 0.6) is 0 Å². The van der Waals surface area contributed by atoms with Crippen molar-refractivity contribution in [2.45, 2.75) is 46.0 Å². The Morgan fingerprint density at radius 1 is 1.12 bits per heavy atom. The normalized spacial score (nSPS) is 15.6. The van der Waals surface area contributed by atoms with Gasteiger partial charge in [-0.15, -0.1) is 11.6 Å². The van der Waals surface area contributed by atoms with Crippen molar-refractivity contribution in [1.29, 1.82) is 0 Å². The highest BCUT2D eigenvalue weighted by molar-refractivity contribution is 6.29. The van der Waals surface area contributed by atoms with Gasteiger partial charge in [-0.05, 0) is 24.3 Å². The zero-order chi connectivity index (χ0) is 13.1. The fourth-order valence-electron chi connectivity index (χ4n) is 1.58. The second-order valence-corrected chi connectivity index (χ2v) is 6.64. The first-order chi connectivity index (χ1) is 7.77. The SMILES string of the molecule is CC(C)(C)CCC(C)(CCl)c1cc(Cl)ncn1. The van der Waals surface area contributed by atoms with E-state index in [0.717, 1.165) is 18.5 Å². The molecule has 0 amide bonds. The summed E-state index contributed by atoms with van der Waals surface area (Å²) in [5.41, 5.74) is 1.09. The minimum absolute atomic E-state index is 0.137. The summed E-state index contributed by atoms with van der Waals surface area (Å²) in [5, 5.41) is 0.474. The van der Waals surface area contributed by atoms with Crippen molar-refractivity contribution in [2.24, 2.45) is 5.41 Å². The van der Waals surface area contributed by atoms with E-state index in [4.69, 9.17) is 23.2 Å². The first-order valence-electron chi connectivity index (χ1n) is 5.81. The molecule has 0 saturated carbocycles. The first kappa shape index (κ1) is 14.7.